The monoisotopic (exact) mass is 397 g/mol. The van der Waals surface area contributed by atoms with E-state index in [1.165, 1.54) is 25.9 Å². The molecule has 2 heterocycles. The van der Waals surface area contributed by atoms with Gasteiger partial charge in [0.25, 0.3) is 0 Å². The number of piperidine rings is 2. The van der Waals surface area contributed by atoms with E-state index in [1.54, 1.807) is 34.8 Å². The average molecular weight is 398 g/mol. The van der Waals surface area contributed by atoms with Gasteiger partial charge in [0.2, 0.25) is 5.91 Å². The maximum Gasteiger partial charge on any atom is 0.408 e. The number of carbonyl (C=O) groups is 2. The number of alkyl carbamates (subject to hydrolysis) is 1. The molecule has 2 amide bonds. The second-order valence-electron chi connectivity index (χ2n) is 9.37. The second-order valence-corrected chi connectivity index (χ2v) is 9.37. The van der Waals surface area contributed by atoms with Crippen molar-refractivity contribution in [2.45, 2.75) is 71.1 Å². The molecule has 0 aromatic heterocycles. The maximum absolute atomic E-state index is 13.1. The lowest BCUT2D eigenvalue weighted by atomic mass is 9.79. The van der Waals surface area contributed by atoms with Crippen LogP contribution in [0.2, 0.25) is 0 Å². The number of nitrogens with one attached hydrogen (secondary N) is 1. The first-order valence-corrected chi connectivity index (χ1v) is 10.6. The van der Waals surface area contributed by atoms with Crippen molar-refractivity contribution in [1.29, 1.82) is 0 Å². The van der Waals surface area contributed by atoms with Crippen LogP contribution in [0.3, 0.4) is 0 Å². The quantitative estimate of drug-likeness (QED) is 0.772. The van der Waals surface area contributed by atoms with Gasteiger partial charge in [-0.15, -0.1) is 0 Å². The number of likely N-dealkylation sites (tertiary alicyclic amines) is 2. The van der Waals surface area contributed by atoms with Gasteiger partial charge in [-0.2, -0.15) is 0 Å². The Hall–Kier alpha value is -1.34. The number of methoxy groups -OCH3 is 1. The molecule has 7 nitrogen and oxygen atoms in total. The summed E-state index contributed by atoms with van der Waals surface area (Å²) >= 11 is 0. The van der Waals surface area contributed by atoms with Crippen LogP contribution >= 0.6 is 0 Å². The fraction of sp³-hybridized carbons (Fsp3) is 0.905. The molecule has 0 bridgehead atoms. The van der Waals surface area contributed by atoms with Crippen molar-refractivity contribution in [2.75, 3.05) is 40.3 Å². The molecule has 2 rings (SSSR count). The summed E-state index contributed by atoms with van der Waals surface area (Å²) in [4.78, 5) is 29.6. The summed E-state index contributed by atoms with van der Waals surface area (Å²) in [5.41, 5.74) is -0.611. The molecule has 7 heteroatoms. The van der Waals surface area contributed by atoms with Gasteiger partial charge >= 0.3 is 6.09 Å². The minimum Gasteiger partial charge on any atom is -0.444 e. The molecular formula is C21H39N3O4. The molecule has 2 aliphatic heterocycles. The Labute approximate surface area is 170 Å². The summed E-state index contributed by atoms with van der Waals surface area (Å²) in [6.07, 6.45) is 3.60. The van der Waals surface area contributed by atoms with E-state index in [0.29, 0.717) is 5.92 Å². The van der Waals surface area contributed by atoms with Gasteiger partial charge in [-0.3, -0.25) is 4.79 Å². The van der Waals surface area contributed by atoms with Crippen molar-refractivity contribution in [2.24, 2.45) is 11.8 Å². The predicted octanol–water partition coefficient (Wildman–Crippen LogP) is 2.50. The van der Waals surface area contributed by atoms with Crippen LogP contribution in [0.15, 0.2) is 0 Å². The highest BCUT2D eigenvalue weighted by molar-refractivity contribution is 5.86. The highest BCUT2D eigenvalue weighted by Crippen LogP contribution is 2.32. The molecule has 2 aliphatic rings. The Kier molecular flexibility index (Phi) is 8.13. The second kappa shape index (κ2) is 9.92. The molecule has 0 spiro atoms. The molecule has 2 fully saturated rings. The van der Waals surface area contributed by atoms with Crippen LogP contribution in [0.25, 0.3) is 0 Å². The molecule has 1 N–H and O–H groups in total. The van der Waals surface area contributed by atoms with Crippen molar-refractivity contribution in [3.63, 3.8) is 0 Å². The number of amides is 2. The van der Waals surface area contributed by atoms with Gasteiger partial charge in [0.1, 0.15) is 11.6 Å². The Morgan fingerprint density at radius 2 is 1.50 bits per heavy atom. The molecular weight excluding hydrogens is 358 g/mol. The lowest BCUT2D eigenvalue weighted by molar-refractivity contribution is -0.138. The van der Waals surface area contributed by atoms with Crippen molar-refractivity contribution in [3.05, 3.63) is 0 Å². The molecule has 0 saturated carbocycles. The first-order chi connectivity index (χ1) is 13.1. The number of carbonyl (C=O) groups excluding carboxylic acids is 2. The zero-order valence-electron chi connectivity index (χ0n) is 18.5. The average Bonchev–Trinajstić information content (AvgIpc) is 2.64. The van der Waals surface area contributed by atoms with Crippen LogP contribution in [-0.4, -0.2) is 79.9 Å². The Morgan fingerprint density at radius 1 is 1.00 bits per heavy atom. The fourth-order valence-corrected chi connectivity index (χ4v) is 4.24. The lowest BCUT2D eigenvalue weighted by Crippen LogP contribution is -2.56. The maximum atomic E-state index is 13.1. The van der Waals surface area contributed by atoms with Crippen LogP contribution in [0.4, 0.5) is 4.79 Å². The molecule has 0 radical (unpaired) electrons. The highest BCUT2D eigenvalue weighted by atomic mass is 16.6. The van der Waals surface area contributed by atoms with E-state index in [4.69, 9.17) is 9.47 Å². The van der Waals surface area contributed by atoms with Crippen molar-refractivity contribution >= 4 is 12.0 Å². The summed E-state index contributed by atoms with van der Waals surface area (Å²) in [6.45, 7) is 11.1. The third kappa shape index (κ3) is 6.62. The Bertz CT molecular complexity index is 518. The summed E-state index contributed by atoms with van der Waals surface area (Å²) in [6, 6.07) is -0.736. The normalized spacial score (nSPS) is 22.6. The first-order valence-electron chi connectivity index (χ1n) is 10.6. The molecule has 162 valence electrons. The minimum atomic E-state index is -0.736. The van der Waals surface area contributed by atoms with Gasteiger partial charge in [0, 0.05) is 20.2 Å². The molecule has 0 unspecified atom stereocenters. The van der Waals surface area contributed by atoms with E-state index in [-0.39, 0.29) is 5.91 Å². The summed E-state index contributed by atoms with van der Waals surface area (Å²) in [5, 5.41) is 2.72. The molecule has 0 aromatic rings. The zero-order chi connectivity index (χ0) is 20.9. The van der Waals surface area contributed by atoms with Crippen LogP contribution in [-0.2, 0) is 14.3 Å². The number of nitrogens with zero attached hydrogens (tertiary/aromatic N) is 2. The van der Waals surface area contributed by atoms with E-state index in [0.717, 1.165) is 31.8 Å². The van der Waals surface area contributed by atoms with Crippen LogP contribution < -0.4 is 5.32 Å². The van der Waals surface area contributed by atoms with Gasteiger partial charge < -0.3 is 24.6 Å². The van der Waals surface area contributed by atoms with E-state index in [2.05, 4.69) is 17.3 Å². The summed E-state index contributed by atoms with van der Waals surface area (Å²) in [5.74, 6) is 1.40. The number of hydrogen-bond donors (Lipinski definition) is 1. The Balaban J connectivity index is 1.91. The van der Waals surface area contributed by atoms with Gasteiger partial charge in [0.15, 0.2) is 0 Å². The van der Waals surface area contributed by atoms with E-state index in [9.17, 15) is 9.59 Å². The lowest BCUT2D eigenvalue weighted by Gasteiger charge is -2.40. The molecule has 0 aromatic carbocycles. The molecule has 28 heavy (non-hydrogen) atoms. The molecule has 2 atom stereocenters. The summed E-state index contributed by atoms with van der Waals surface area (Å²) in [7, 11) is 3.74. The topological polar surface area (TPSA) is 71.1 Å². The predicted molar refractivity (Wildman–Crippen MR) is 109 cm³/mol. The SMILES string of the molecule is CO[C@@H](C)[C@@H](NC(=O)OC(C)(C)C)C(=O)N1CCC(C2CCN(C)CC2)CC1. The van der Waals surface area contributed by atoms with Crippen molar-refractivity contribution in [3.8, 4) is 0 Å². The van der Waals surface area contributed by atoms with Gasteiger partial charge in [-0.05, 0) is 85.4 Å². The first kappa shape index (κ1) is 22.9. The van der Waals surface area contributed by atoms with Gasteiger partial charge in [0.05, 0.1) is 6.10 Å². The fourth-order valence-electron chi connectivity index (χ4n) is 4.24. The van der Waals surface area contributed by atoms with Gasteiger partial charge in [-0.25, -0.2) is 4.79 Å². The van der Waals surface area contributed by atoms with Crippen LogP contribution in [0.1, 0.15) is 53.4 Å². The van der Waals surface area contributed by atoms with Crippen LogP contribution in [0, 0.1) is 11.8 Å². The zero-order valence-corrected chi connectivity index (χ0v) is 18.5. The standard InChI is InChI=1S/C21H39N3O4/c1-15(27-6)18(22-20(26)28-21(2,3)4)19(25)24-13-9-17(10-14-24)16-7-11-23(5)12-8-16/h15-18H,7-14H2,1-6H3,(H,22,26)/t15-,18+/m0/s1. The third-order valence-corrected chi connectivity index (χ3v) is 6.06. The smallest absolute Gasteiger partial charge is 0.408 e. The third-order valence-electron chi connectivity index (χ3n) is 6.06. The Morgan fingerprint density at radius 3 is 1.96 bits per heavy atom. The summed E-state index contributed by atoms with van der Waals surface area (Å²) < 4.78 is 10.7. The number of ether oxygens (including phenoxy) is 2. The van der Waals surface area contributed by atoms with E-state index >= 15 is 0 Å². The molecule has 0 aliphatic carbocycles. The number of hydrogen-bond acceptors (Lipinski definition) is 5. The van der Waals surface area contributed by atoms with E-state index < -0.39 is 23.8 Å². The number of rotatable bonds is 5. The molecule has 2 saturated heterocycles. The van der Waals surface area contributed by atoms with Crippen LogP contribution in [0.5, 0.6) is 0 Å². The largest absolute Gasteiger partial charge is 0.444 e. The minimum absolute atomic E-state index is 0.0814. The van der Waals surface area contributed by atoms with Crippen molar-refractivity contribution in [1.82, 2.24) is 15.1 Å². The highest BCUT2D eigenvalue weighted by Gasteiger charge is 2.36. The van der Waals surface area contributed by atoms with Gasteiger partial charge in [-0.1, -0.05) is 0 Å². The van der Waals surface area contributed by atoms with Crippen molar-refractivity contribution < 1.29 is 19.1 Å². The van der Waals surface area contributed by atoms with E-state index in [1.807, 2.05) is 4.90 Å².